The third-order valence-electron chi connectivity index (χ3n) is 3.24. The van der Waals surface area contributed by atoms with Gasteiger partial charge >= 0.3 is 17.9 Å². The van der Waals surface area contributed by atoms with Crippen LogP contribution in [0.5, 0.6) is 0 Å². The van der Waals surface area contributed by atoms with Crippen molar-refractivity contribution in [1.29, 1.82) is 0 Å². The fraction of sp³-hybridized carbons (Fsp3) is 0.562. The number of rotatable bonds is 7. The fourth-order valence-corrected chi connectivity index (χ4v) is 2.11. The van der Waals surface area contributed by atoms with E-state index in [1.54, 1.807) is 6.08 Å². The number of carbonyl (C=O) groups excluding carboxylic acids is 3. The van der Waals surface area contributed by atoms with Crippen LogP contribution in [0.15, 0.2) is 24.3 Å². The second-order valence-corrected chi connectivity index (χ2v) is 5.37. The van der Waals surface area contributed by atoms with Gasteiger partial charge in [-0.2, -0.15) is 0 Å². The number of aliphatic hydroxyl groups excluding tert-OH is 2. The van der Waals surface area contributed by atoms with E-state index >= 15 is 0 Å². The quantitative estimate of drug-likeness (QED) is 0.377. The van der Waals surface area contributed by atoms with Crippen molar-refractivity contribution in [3.63, 3.8) is 0 Å². The van der Waals surface area contributed by atoms with Crippen LogP contribution in [0.2, 0.25) is 0 Å². The summed E-state index contributed by atoms with van der Waals surface area (Å²) in [4.78, 5) is 33.3. The Balaban J connectivity index is 2.72. The van der Waals surface area contributed by atoms with E-state index in [1.807, 2.05) is 0 Å². The molecule has 1 aliphatic heterocycles. The van der Waals surface area contributed by atoms with E-state index in [4.69, 9.17) is 14.2 Å². The maximum atomic E-state index is 11.2. The van der Waals surface area contributed by atoms with E-state index in [2.05, 4.69) is 0 Å². The second-order valence-electron chi connectivity index (χ2n) is 5.37. The predicted octanol–water partition coefficient (Wildman–Crippen LogP) is 0.0194. The maximum Gasteiger partial charge on any atom is 0.330 e. The SMILES string of the molecule is CC(=O)OC(C)C(/C=C/C(O)C(O)C1CC=CC(=O)O1)OC(C)=O. The Morgan fingerprint density at radius 1 is 1.25 bits per heavy atom. The summed E-state index contributed by atoms with van der Waals surface area (Å²) in [6.45, 7) is 3.94. The molecule has 0 fully saturated rings. The Kier molecular flexibility index (Phi) is 7.60. The van der Waals surface area contributed by atoms with Crippen molar-refractivity contribution in [2.75, 3.05) is 0 Å². The number of esters is 3. The topological polar surface area (TPSA) is 119 Å². The molecule has 2 N–H and O–H groups in total. The summed E-state index contributed by atoms with van der Waals surface area (Å²) in [5.41, 5.74) is 0. The number of cyclic esters (lactones) is 1. The molecule has 134 valence electrons. The van der Waals surface area contributed by atoms with Crippen LogP contribution in [-0.2, 0) is 28.6 Å². The van der Waals surface area contributed by atoms with Crippen molar-refractivity contribution < 1.29 is 38.8 Å². The summed E-state index contributed by atoms with van der Waals surface area (Å²) in [6, 6.07) is 0. The lowest BCUT2D eigenvalue weighted by Crippen LogP contribution is -2.40. The van der Waals surface area contributed by atoms with Gasteiger partial charge in [0.25, 0.3) is 0 Å². The van der Waals surface area contributed by atoms with E-state index < -0.39 is 48.4 Å². The van der Waals surface area contributed by atoms with Crippen LogP contribution in [0.25, 0.3) is 0 Å². The van der Waals surface area contributed by atoms with Crippen LogP contribution in [0.3, 0.4) is 0 Å². The lowest BCUT2D eigenvalue weighted by molar-refractivity contribution is -0.160. The minimum atomic E-state index is -1.36. The Morgan fingerprint density at radius 3 is 2.42 bits per heavy atom. The number of aliphatic hydroxyl groups is 2. The van der Waals surface area contributed by atoms with Gasteiger partial charge in [-0.05, 0) is 13.0 Å². The van der Waals surface area contributed by atoms with Gasteiger partial charge in [0.2, 0.25) is 0 Å². The summed E-state index contributed by atoms with van der Waals surface area (Å²) >= 11 is 0. The van der Waals surface area contributed by atoms with E-state index in [1.165, 1.54) is 39.0 Å². The van der Waals surface area contributed by atoms with Gasteiger partial charge in [0, 0.05) is 26.3 Å². The highest BCUT2D eigenvalue weighted by Crippen LogP contribution is 2.16. The highest BCUT2D eigenvalue weighted by molar-refractivity contribution is 5.82. The zero-order chi connectivity index (χ0) is 18.3. The van der Waals surface area contributed by atoms with Gasteiger partial charge in [-0.15, -0.1) is 0 Å². The van der Waals surface area contributed by atoms with Gasteiger partial charge in [0.1, 0.15) is 24.4 Å². The fourth-order valence-electron chi connectivity index (χ4n) is 2.11. The van der Waals surface area contributed by atoms with Crippen molar-refractivity contribution in [2.24, 2.45) is 0 Å². The second kappa shape index (κ2) is 9.19. The van der Waals surface area contributed by atoms with Crippen molar-refractivity contribution in [3.8, 4) is 0 Å². The minimum Gasteiger partial charge on any atom is -0.459 e. The van der Waals surface area contributed by atoms with Gasteiger partial charge in [0.15, 0.2) is 6.10 Å². The van der Waals surface area contributed by atoms with Gasteiger partial charge in [-0.1, -0.05) is 12.2 Å². The summed E-state index contributed by atoms with van der Waals surface area (Å²) in [5.74, 6) is -1.73. The number of hydrogen-bond donors (Lipinski definition) is 2. The molecule has 0 saturated carbocycles. The monoisotopic (exact) mass is 342 g/mol. The number of hydrogen-bond acceptors (Lipinski definition) is 8. The molecule has 1 aliphatic rings. The van der Waals surface area contributed by atoms with E-state index in [-0.39, 0.29) is 6.42 Å². The van der Waals surface area contributed by atoms with Crippen LogP contribution >= 0.6 is 0 Å². The van der Waals surface area contributed by atoms with Gasteiger partial charge in [-0.25, -0.2) is 4.79 Å². The third kappa shape index (κ3) is 6.51. The van der Waals surface area contributed by atoms with E-state index in [0.29, 0.717) is 0 Å². The molecule has 0 amide bonds. The molecule has 0 aromatic rings. The number of carbonyl (C=O) groups is 3. The van der Waals surface area contributed by atoms with Crippen LogP contribution in [0.1, 0.15) is 27.2 Å². The van der Waals surface area contributed by atoms with Crippen molar-refractivity contribution >= 4 is 17.9 Å². The maximum absolute atomic E-state index is 11.2. The minimum absolute atomic E-state index is 0.273. The first-order valence-electron chi connectivity index (χ1n) is 7.46. The highest BCUT2D eigenvalue weighted by atomic mass is 16.6. The smallest absolute Gasteiger partial charge is 0.330 e. The van der Waals surface area contributed by atoms with Crippen molar-refractivity contribution in [3.05, 3.63) is 24.3 Å². The van der Waals surface area contributed by atoms with Crippen LogP contribution in [0, 0.1) is 0 Å². The molecule has 0 bridgehead atoms. The molecular weight excluding hydrogens is 320 g/mol. The molecule has 0 radical (unpaired) electrons. The molecule has 8 nitrogen and oxygen atoms in total. The van der Waals surface area contributed by atoms with Crippen molar-refractivity contribution in [1.82, 2.24) is 0 Å². The lowest BCUT2D eigenvalue weighted by Gasteiger charge is -2.26. The normalized spacial score (nSPS) is 22.4. The average Bonchev–Trinajstić information content (AvgIpc) is 2.49. The predicted molar refractivity (Wildman–Crippen MR) is 81.6 cm³/mol. The zero-order valence-corrected chi connectivity index (χ0v) is 13.7. The lowest BCUT2D eigenvalue weighted by atomic mass is 10.0. The van der Waals surface area contributed by atoms with E-state index in [0.717, 1.165) is 0 Å². The average molecular weight is 342 g/mol. The molecular formula is C16H22O8. The molecule has 0 spiro atoms. The zero-order valence-electron chi connectivity index (χ0n) is 13.7. The molecule has 0 saturated heterocycles. The Bertz CT molecular complexity index is 524. The van der Waals surface area contributed by atoms with Crippen LogP contribution in [-0.4, -0.2) is 58.6 Å². The summed E-state index contributed by atoms with van der Waals surface area (Å²) < 4.78 is 14.9. The largest absolute Gasteiger partial charge is 0.459 e. The van der Waals surface area contributed by atoms with Gasteiger partial charge in [0.05, 0.1) is 0 Å². The molecule has 5 atom stereocenters. The van der Waals surface area contributed by atoms with Gasteiger partial charge < -0.3 is 24.4 Å². The molecule has 5 unspecified atom stereocenters. The molecule has 0 aromatic carbocycles. The van der Waals surface area contributed by atoms with Crippen LogP contribution in [0.4, 0.5) is 0 Å². The Hall–Kier alpha value is -2.19. The van der Waals surface area contributed by atoms with Crippen LogP contribution < -0.4 is 0 Å². The molecule has 1 heterocycles. The standard InChI is InChI=1S/C16H22O8/c1-9(22-10(2)17)13(23-11(3)18)8-7-12(19)16(21)14-5-4-6-15(20)24-14/h4,6-9,12-14,16,19,21H,5H2,1-3H3/b8-7+. The molecule has 8 heteroatoms. The summed E-state index contributed by atoms with van der Waals surface area (Å²) in [5, 5.41) is 20.0. The molecule has 0 aromatic heterocycles. The first-order valence-corrected chi connectivity index (χ1v) is 7.46. The van der Waals surface area contributed by atoms with Crippen molar-refractivity contribution in [2.45, 2.75) is 57.7 Å². The first kappa shape index (κ1) is 19.9. The number of ether oxygens (including phenoxy) is 3. The molecule has 24 heavy (non-hydrogen) atoms. The van der Waals surface area contributed by atoms with Gasteiger partial charge in [-0.3, -0.25) is 9.59 Å². The highest BCUT2D eigenvalue weighted by Gasteiger charge is 2.29. The van der Waals surface area contributed by atoms with E-state index in [9.17, 15) is 24.6 Å². The molecule has 0 aliphatic carbocycles. The molecule has 1 rings (SSSR count). The third-order valence-corrected chi connectivity index (χ3v) is 3.24. The summed E-state index contributed by atoms with van der Waals surface area (Å²) in [7, 11) is 0. The Labute approximate surface area is 139 Å². The summed E-state index contributed by atoms with van der Waals surface area (Å²) in [6.07, 6.45) is 0.269. The Morgan fingerprint density at radius 2 is 1.88 bits per heavy atom. The first-order chi connectivity index (χ1) is 11.2.